The summed E-state index contributed by atoms with van der Waals surface area (Å²) in [4.78, 5) is 0. The lowest BCUT2D eigenvalue weighted by molar-refractivity contribution is 0.0553. The Morgan fingerprint density at radius 2 is 2.30 bits per heavy atom. The summed E-state index contributed by atoms with van der Waals surface area (Å²) >= 11 is 0. The molecular weight excluding hydrogens is 164 g/mol. The van der Waals surface area contributed by atoms with E-state index in [9.17, 15) is 0 Å². The van der Waals surface area contributed by atoms with Crippen LogP contribution < -0.4 is 0 Å². The smallest absolute Gasteiger partial charge is 0.113 e. The van der Waals surface area contributed by atoms with Crippen LogP contribution in [0.2, 0.25) is 0 Å². The molecule has 0 spiro atoms. The van der Waals surface area contributed by atoms with Crippen LogP contribution in [0.5, 0.6) is 0 Å². The van der Waals surface area contributed by atoms with Crippen molar-refractivity contribution in [1.82, 2.24) is 0 Å². The number of rotatable bonds is 2. The van der Waals surface area contributed by atoms with Crippen LogP contribution in [0.25, 0.3) is 0 Å². The molecule has 60 valence electrons. The van der Waals surface area contributed by atoms with Crippen LogP contribution in [0.4, 0.5) is 0 Å². The van der Waals surface area contributed by atoms with Gasteiger partial charge in [-0.05, 0) is 26.7 Å². The Morgan fingerprint density at radius 3 is 2.80 bits per heavy atom. The van der Waals surface area contributed by atoms with E-state index in [4.69, 9.17) is 4.74 Å². The fraction of sp³-hybridized carbons (Fsp3) is 1.00. The summed E-state index contributed by atoms with van der Waals surface area (Å²) in [6, 6.07) is 0. The highest BCUT2D eigenvalue weighted by Gasteiger charge is 2.15. The molecule has 1 heterocycles. The molecule has 0 N–H and O–H groups in total. The molecule has 0 aromatic heterocycles. The third-order valence-corrected chi connectivity index (χ3v) is 3.97. The first-order valence-electron chi connectivity index (χ1n) is 3.73. The van der Waals surface area contributed by atoms with E-state index in [1.807, 2.05) is 21.6 Å². The summed E-state index contributed by atoms with van der Waals surface area (Å²) in [5.74, 6) is 1.29. The zero-order valence-electron chi connectivity index (χ0n) is 6.50. The molecule has 3 heteroatoms. The van der Waals surface area contributed by atoms with Gasteiger partial charge in [0.1, 0.15) is 5.44 Å². The van der Waals surface area contributed by atoms with E-state index in [2.05, 4.69) is 13.8 Å². The predicted octanol–water partition coefficient (Wildman–Crippen LogP) is 2.91. The molecule has 1 atom stereocenters. The average molecular weight is 178 g/mol. The number of ether oxygens (including phenoxy) is 1. The third-order valence-electron chi connectivity index (χ3n) is 1.27. The maximum absolute atomic E-state index is 5.63. The van der Waals surface area contributed by atoms with E-state index in [0.717, 1.165) is 0 Å². The molecule has 1 aliphatic rings. The minimum absolute atomic E-state index is 0.385. The van der Waals surface area contributed by atoms with E-state index in [0.29, 0.717) is 11.5 Å². The van der Waals surface area contributed by atoms with Gasteiger partial charge in [0.25, 0.3) is 0 Å². The second-order valence-corrected chi connectivity index (χ2v) is 5.32. The Hall–Kier alpha value is 0.660. The van der Waals surface area contributed by atoms with E-state index < -0.39 is 0 Å². The molecule has 1 nitrogen and oxygen atoms in total. The van der Waals surface area contributed by atoms with Gasteiger partial charge in [-0.3, -0.25) is 0 Å². The maximum atomic E-state index is 5.63. The summed E-state index contributed by atoms with van der Waals surface area (Å²) in [6.45, 7) is 4.19. The molecule has 0 amide bonds. The van der Waals surface area contributed by atoms with Crippen molar-refractivity contribution in [3.8, 4) is 0 Å². The van der Waals surface area contributed by atoms with E-state index >= 15 is 0 Å². The Labute approximate surface area is 70.7 Å². The molecule has 0 bridgehead atoms. The molecule has 1 saturated heterocycles. The van der Waals surface area contributed by atoms with Crippen LogP contribution in [0.1, 0.15) is 26.7 Å². The lowest BCUT2D eigenvalue weighted by Gasteiger charge is -2.22. The normalized spacial score (nSPS) is 27.3. The summed E-state index contributed by atoms with van der Waals surface area (Å²) < 4.78 is 5.63. The van der Waals surface area contributed by atoms with Crippen LogP contribution >= 0.6 is 21.6 Å². The van der Waals surface area contributed by atoms with Crippen molar-refractivity contribution in [3.05, 3.63) is 0 Å². The highest BCUT2D eigenvalue weighted by molar-refractivity contribution is 8.77. The molecule has 1 fully saturated rings. The standard InChI is InChI=1S/C7H14OS2/c1-6(2)8-7-4-3-5-9-10-7/h6-7H,3-5H2,1-2H3. The van der Waals surface area contributed by atoms with Crippen molar-refractivity contribution in [2.45, 2.75) is 38.2 Å². The monoisotopic (exact) mass is 178 g/mol. The zero-order valence-corrected chi connectivity index (χ0v) is 8.13. The molecule has 0 aromatic carbocycles. The van der Waals surface area contributed by atoms with Crippen molar-refractivity contribution in [2.75, 3.05) is 5.75 Å². The Morgan fingerprint density at radius 1 is 1.50 bits per heavy atom. The van der Waals surface area contributed by atoms with Gasteiger partial charge in [0.05, 0.1) is 6.10 Å². The van der Waals surface area contributed by atoms with Gasteiger partial charge < -0.3 is 4.74 Å². The zero-order chi connectivity index (χ0) is 7.40. The summed E-state index contributed by atoms with van der Waals surface area (Å²) in [5, 5.41) is 0. The van der Waals surface area contributed by atoms with Gasteiger partial charge in [-0.25, -0.2) is 0 Å². The quantitative estimate of drug-likeness (QED) is 0.602. The Bertz CT molecular complexity index is 89.6. The molecule has 1 rings (SSSR count). The second kappa shape index (κ2) is 4.52. The molecule has 10 heavy (non-hydrogen) atoms. The van der Waals surface area contributed by atoms with Gasteiger partial charge in [0.15, 0.2) is 0 Å². The molecular formula is C7H14OS2. The largest absolute Gasteiger partial charge is 0.364 e. The second-order valence-electron chi connectivity index (χ2n) is 2.67. The lowest BCUT2D eigenvalue weighted by atomic mass is 10.3. The molecule has 0 saturated carbocycles. The first-order chi connectivity index (χ1) is 4.79. The first kappa shape index (κ1) is 8.75. The summed E-state index contributed by atoms with van der Waals surface area (Å²) in [7, 11) is 3.82. The molecule has 1 unspecified atom stereocenters. The highest BCUT2D eigenvalue weighted by Crippen LogP contribution is 2.36. The highest BCUT2D eigenvalue weighted by atomic mass is 33.1. The Kier molecular flexibility index (Phi) is 3.96. The minimum Gasteiger partial charge on any atom is -0.364 e. The molecule has 1 aliphatic heterocycles. The van der Waals surface area contributed by atoms with Crippen molar-refractivity contribution in [1.29, 1.82) is 0 Å². The fourth-order valence-electron chi connectivity index (χ4n) is 0.875. The molecule has 0 aromatic rings. The van der Waals surface area contributed by atoms with Gasteiger partial charge in [-0.2, -0.15) is 0 Å². The first-order valence-corrected chi connectivity index (χ1v) is 6.11. The van der Waals surface area contributed by atoms with Gasteiger partial charge in [0, 0.05) is 5.75 Å². The van der Waals surface area contributed by atoms with Crippen LogP contribution in [0.3, 0.4) is 0 Å². The topological polar surface area (TPSA) is 9.23 Å². The maximum Gasteiger partial charge on any atom is 0.113 e. The summed E-state index contributed by atoms with van der Waals surface area (Å²) in [5.41, 5.74) is 0.457. The van der Waals surface area contributed by atoms with Gasteiger partial charge in [-0.15, -0.1) is 0 Å². The Balaban J connectivity index is 2.13. The molecule has 0 radical (unpaired) electrons. The van der Waals surface area contributed by atoms with Gasteiger partial charge >= 0.3 is 0 Å². The number of hydrogen-bond donors (Lipinski definition) is 0. The van der Waals surface area contributed by atoms with E-state index in [-0.39, 0.29) is 0 Å². The molecule has 0 aliphatic carbocycles. The van der Waals surface area contributed by atoms with Crippen LogP contribution in [-0.4, -0.2) is 17.3 Å². The average Bonchev–Trinajstić information content (AvgIpc) is 1.88. The van der Waals surface area contributed by atoms with Gasteiger partial charge in [-0.1, -0.05) is 21.6 Å². The SMILES string of the molecule is CC(C)OC1CCCSS1. The fourth-order valence-corrected chi connectivity index (χ4v) is 3.46. The van der Waals surface area contributed by atoms with Crippen LogP contribution in [0, 0.1) is 0 Å². The van der Waals surface area contributed by atoms with E-state index in [1.165, 1.54) is 18.6 Å². The van der Waals surface area contributed by atoms with Crippen molar-refractivity contribution < 1.29 is 4.74 Å². The third kappa shape index (κ3) is 3.17. The van der Waals surface area contributed by atoms with E-state index in [1.54, 1.807) is 0 Å². The van der Waals surface area contributed by atoms with Crippen molar-refractivity contribution in [3.63, 3.8) is 0 Å². The minimum atomic E-state index is 0.385. The predicted molar refractivity (Wildman–Crippen MR) is 49.3 cm³/mol. The van der Waals surface area contributed by atoms with Crippen molar-refractivity contribution >= 4 is 21.6 Å². The van der Waals surface area contributed by atoms with Crippen LogP contribution in [-0.2, 0) is 4.74 Å². The summed E-state index contributed by atoms with van der Waals surface area (Å²) in [6.07, 6.45) is 2.93. The number of hydrogen-bond acceptors (Lipinski definition) is 3. The van der Waals surface area contributed by atoms with Crippen LogP contribution in [0.15, 0.2) is 0 Å². The van der Waals surface area contributed by atoms with Gasteiger partial charge in [0.2, 0.25) is 0 Å². The lowest BCUT2D eigenvalue weighted by Crippen LogP contribution is -2.15. The van der Waals surface area contributed by atoms with Crippen molar-refractivity contribution in [2.24, 2.45) is 0 Å².